The van der Waals surface area contributed by atoms with Gasteiger partial charge in [-0.3, -0.25) is 10.1 Å². The molecule has 0 spiro atoms. The molecule has 1 radical (unpaired) electrons. The van der Waals surface area contributed by atoms with E-state index >= 15 is 0 Å². The maximum atomic E-state index is 12.1. The SMILES string of the molecule is Cc1cc[c-]c(-n2[c-][n+](C)c3ccccc32)c1.Cc1cc[c-]c(-n2[c-][n+](C)c3ccccc32)c1.FC(F)(F)c1n[n-]c(-c2ccccn2)n1.[Ir]. The van der Waals surface area contributed by atoms with E-state index in [1.807, 2.05) is 68.8 Å². The molecule has 50 heavy (non-hydrogen) atoms. The number of fused-ring (bicyclic) bond motifs is 2. The molecule has 0 N–H and O–H groups in total. The van der Waals surface area contributed by atoms with E-state index in [4.69, 9.17) is 0 Å². The van der Waals surface area contributed by atoms with E-state index in [0.29, 0.717) is 0 Å². The molecule has 4 aromatic heterocycles. The number of rotatable bonds is 3. The Labute approximate surface area is 300 Å². The van der Waals surface area contributed by atoms with Gasteiger partial charge in [0.15, 0.2) is 0 Å². The number of imidazole rings is 2. The van der Waals surface area contributed by atoms with Crippen LogP contribution in [0.15, 0.2) is 109 Å². The first-order valence-electron chi connectivity index (χ1n) is 15.2. The van der Waals surface area contributed by atoms with E-state index in [9.17, 15) is 13.2 Å². The predicted molar refractivity (Wildman–Crippen MR) is 177 cm³/mol. The Kier molecular flexibility index (Phi) is 11.0. The number of alkyl halides is 3. The Morgan fingerprint density at radius 1 is 0.700 bits per heavy atom. The normalized spacial score (nSPS) is 10.9. The Balaban J connectivity index is 0.000000145. The second-order valence-electron chi connectivity index (χ2n) is 11.1. The maximum absolute atomic E-state index is 12.1. The fraction of sp³-hybridized carbons (Fsp3) is 0.132. The summed E-state index contributed by atoms with van der Waals surface area (Å²) in [6, 6.07) is 40.1. The standard InChI is InChI=1S/2C15H13N2.C8H4F3N4.Ir/c2*1-12-6-5-7-13(10-12)17-11-16(2)14-8-3-4-9-15(14)17;9-8(10,11)7-13-6(14-15-7)5-3-1-2-4-12-5;/h2*3-6,8-10H,1-2H3;1-4H;/q3*-1;. The van der Waals surface area contributed by atoms with Crippen molar-refractivity contribution in [1.29, 1.82) is 0 Å². The van der Waals surface area contributed by atoms with Crippen molar-refractivity contribution in [2.75, 3.05) is 0 Å². The fourth-order valence-corrected chi connectivity index (χ4v) is 5.11. The van der Waals surface area contributed by atoms with Crippen molar-refractivity contribution in [1.82, 2.24) is 29.3 Å². The molecule has 0 atom stereocenters. The molecule has 0 unspecified atom stereocenters. The second-order valence-corrected chi connectivity index (χ2v) is 11.1. The average molecular weight is 848 g/mol. The minimum atomic E-state index is -4.57. The van der Waals surface area contributed by atoms with Crippen molar-refractivity contribution in [3.05, 3.63) is 151 Å². The summed E-state index contributed by atoms with van der Waals surface area (Å²) in [6.07, 6.45) is 3.47. The van der Waals surface area contributed by atoms with E-state index < -0.39 is 12.0 Å². The maximum Gasteiger partial charge on any atom is 0.429 e. The van der Waals surface area contributed by atoms with Crippen molar-refractivity contribution in [2.45, 2.75) is 20.0 Å². The van der Waals surface area contributed by atoms with Crippen LogP contribution in [0.5, 0.6) is 0 Å². The fourth-order valence-electron chi connectivity index (χ4n) is 5.11. The van der Waals surface area contributed by atoms with Crippen LogP contribution in [0.3, 0.4) is 0 Å². The molecule has 255 valence electrons. The van der Waals surface area contributed by atoms with Crippen molar-refractivity contribution < 1.29 is 42.4 Å². The van der Waals surface area contributed by atoms with Gasteiger partial charge in [-0.2, -0.15) is 72.8 Å². The Bertz CT molecular complexity index is 2220. The van der Waals surface area contributed by atoms with Gasteiger partial charge in [-0.25, -0.2) is 0 Å². The topological polar surface area (TPSA) is 70.4 Å². The van der Waals surface area contributed by atoms with Crippen LogP contribution in [-0.2, 0) is 40.4 Å². The van der Waals surface area contributed by atoms with E-state index in [-0.39, 0.29) is 31.6 Å². The number of halogens is 3. The second kappa shape index (κ2) is 15.4. The molecule has 0 aliphatic rings. The van der Waals surface area contributed by atoms with Gasteiger partial charge in [0.25, 0.3) is 0 Å². The van der Waals surface area contributed by atoms with Crippen LogP contribution in [0.25, 0.3) is 45.0 Å². The molecule has 8 aromatic rings. The van der Waals surface area contributed by atoms with Gasteiger partial charge in [-0.05, 0) is 18.0 Å². The zero-order valence-corrected chi connectivity index (χ0v) is 29.8. The van der Waals surface area contributed by atoms with Crippen LogP contribution in [0, 0.1) is 38.6 Å². The number of aromatic nitrogens is 8. The third-order valence-electron chi connectivity index (χ3n) is 7.43. The van der Waals surface area contributed by atoms with Crippen LogP contribution >= 0.6 is 0 Å². The number of para-hydroxylation sites is 4. The molecule has 0 saturated carbocycles. The molecule has 0 fully saturated rings. The van der Waals surface area contributed by atoms with Gasteiger partial charge in [0.05, 0.1) is 41.9 Å². The molecule has 0 bridgehead atoms. The summed E-state index contributed by atoms with van der Waals surface area (Å²) in [5, 5.41) is 6.25. The zero-order valence-electron chi connectivity index (χ0n) is 27.4. The van der Waals surface area contributed by atoms with Gasteiger partial charge >= 0.3 is 6.18 Å². The van der Waals surface area contributed by atoms with E-state index in [0.717, 1.165) is 22.4 Å². The number of benzene rings is 4. The average Bonchev–Trinajstić information content (AvgIpc) is 3.83. The summed E-state index contributed by atoms with van der Waals surface area (Å²) < 4.78 is 44.5. The van der Waals surface area contributed by atoms with Gasteiger partial charge in [-0.1, -0.05) is 79.8 Å². The third kappa shape index (κ3) is 8.05. The molecule has 8 rings (SSSR count). The largest absolute Gasteiger partial charge is 0.429 e. The summed E-state index contributed by atoms with van der Waals surface area (Å²) >= 11 is 0. The Morgan fingerprint density at radius 3 is 1.64 bits per heavy atom. The zero-order chi connectivity index (χ0) is 34.5. The van der Waals surface area contributed by atoms with Crippen LogP contribution in [0.1, 0.15) is 17.0 Å². The van der Waals surface area contributed by atoms with Gasteiger partial charge < -0.3 is 28.4 Å². The summed E-state index contributed by atoms with van der Waals surface area (Å²) in [4.78, 5) is 7.05. The number of pyridine rings is 1. The number of nitrogens with zero attached hydrogens (tertiary/aromatic N) is 8. The van der Waals surface area contributed by atoms with E-state index in [2.05, 4.69) is 107 Å². The minimum Gasteiger partial charge on any atom is -0.413 e. The molecule has 0 aliphatic carbocycles. The Hall–Kier alpha value is -5.45. The van der Waals surface area contributed by atoms with Gasteiger partial charge in [-0.15, -0.1) is 0 Å². The molecule has 0 saturated heterocycles. The predicted octanol–water partition coefficient (Wildman–Crippen LogP) is 6.24. The molecular formula is C38H30F3IrN8-3. The summed E-state index contributed by atoms with van der Waals surface area (Å²) in [5.74, 6) is -1.37. The first kappa shape index (κ1) is 35.8. The summed E-state index contributed by atoms with van der Waals surface area (Å²) in [7, 11) is 4.02. The third-order valence-corrected chi connectivity index (χ3v) is 7.43. The number of aryl methyl sites for hydroxylation is 4. The Morgan fingerprint density at radius 2 is 1.20 bits per heavy atom. The molecule has 4 aromatic carbocycles. The van der Waals surface area contributed by atoms with Crippen LogP contribution in [0.4, 0.5) is 13.2 Å². The monoisotopic (exact) mass is 848 g/mol. The molecule has 4 heterocycles. The molecule has 0 amide bonds. The van der Waals surface area contributed by atoms with Crippen LogP contribution in [-0.4, -0.2) is 24.2 Å². The van der Waals surface area contributed by atoms with E-state index in [1.165, 1.54) is 34.4 Å². The van der Waals surface area contributed by atoms with Crippen molar-refractivity contribution in [3.8, 4) is 22.9 Å². The minimum absolute atomic E-state index is 0. The smallest absolute Gasteiger partial charge is 0.413 e. The quantitative estimate of drug-likeness (QED) is 0.156. The summed E-state index contributed by atoms with van der Waals surface area (Å²) in [5.41, 5.74) is 9.42. The number of hydrogen-bond donors (Lipinski definition) is 0. The van der Waals surface area contributed by atoms with Crippen LogP contribution < -0.4 is 14.2 Å². The molecule has 12 heteroatoms. The van der Waals surface area contributed by atoms with Gasteiger partial charge in [0.2, 0.25) is 12.7 Å². The van der Waals surface area contributed by atoms with Crippen molar-refractivity contribution >= 4 is 22.1 Å². The first-order chi connectivity index (χ1) is 23.6. The van der Waals surface area contributed by atoms with Gasteiger partial charge in [0.1, 0.15) is 5.82 Å². The van der Waals surface area contributed by atoms with E-state index in [1.54, 1.807) is 12.1 Å². The number of hydrogen-bond acceptors (Lipinski definition) is 3. The summed E-state index contributed by atoms with van der Waals surface area (Å²) in [6.45, 7) is 4.17. The van der Waals surface area contributed by atoms with Gasteiger partial charge in [0, 0.05) is 26.3 Å². The van der Waals surface area contributed by atoms with Crippen LogP contribution in [0.2, 0.25) is 0 Å². The van der Waals surface area contributed by atoms with Crippen molar-refractivity contribution in [2.24, 2.45) is 14.1 Å². The molecule has 0 aliphatic heterocycles. The molecule has 8 nitrogen and oxygen atoms in total. The first-order valence-corrected chi connectivity index (χ1v) is 15.2. The molecular weight excluding hydrogens is 818 g/mol. The van der Waals surface area contributed by atoms with Crippen molar-refractivity contribution in [3.63, 3.8) is 0 Å².